The highest BCUT2D eigenvalue weighted by Gasteiger charge is 2.03. The molecule has 0 atom stereocenters. The highest BCUT2D eigenvalue weighted by Crippen LogP contribution is 2.14. The summed E-state index contributed by atoms with van der Waals surface area (Å²) in [6.45, 7) is 3.72. The maximum atomic E-state index is 5.89. The van der Waals surface area contributed by atoms with Crippen LogP contribution in [0.1, 0.15) is 18.1 Å². The van der Waals surface area contributed by atoms with Crippen molar-refractivity contribution in [1.82, 2.24) is 10.3 Å². The van der Waals surface area contributed by atoms with Crippen molar-refractivity contribution in [3.05, 3.63) is 59.8 Å². The van der Waals surface area contributed by atoms with E-state index in [9.17, 15) is 0 Å². The summed E-state index contributed by atoms with van der Waals surface area (Å²) in [7, 11) is 0. The number of aromatic nitrogens is 1. The minimum atomic E-state index is 0. The van der Waals surface area contributed by atoms with Crippen LogP contribution in [0.2, 0.25) is 0 Å². The van der Waals surface area contributed by atoms with Gasteiger partial charge in [-0.15, -0.1) is 24.0 Å². The van der Waals surface area contributed by atoms with Crippen LogP contribution in [0.3, 0.4) is 0 Å². The summed E-state index contributed by atoms with van der Waals surface area (Å²) in [5, 5.41) is 3.12. The first-order valence-electron chi connectivity index (χ1n) is 7.44. The topological polar surface area (TPSA) is 72.5 Å². The van der Waals surface area contributed by atoms with E-state index in [1.165, 1.54) is 5.56 Å². The minimum Gasteiger partial charge on any atom is -0.478 e. The highest BCUT2D eigenvalue weighted by molar-refractivity contribution is 14.0. The molecule has 2 aromatic rings. The molecule has 0 unspecified atom stereocenters. The third-order valence-electron chi connectivity index (χ3n) is 3.11. The van der Waals surface area contributed by atoms with Gasteiger partial charge >= 0.3 is 0 Å². The van der Waals surface area contributed by atoms with Gasteiger partial charge in [0.05, 0.1) is 13.2 Å². The lowest BCUT2D eigenvalue weighted by atomic mass is 10.1. The number of benzene rings is 1. The number of hydrogen-bond donors (Lipinski definition) is 2. The monoisotopic (exact) mass is 426 g/mol. The Morgan fingerprint density at radius 3 is 2.74 bits per heavy atom. The Balaban J connectivity index is 0.00000264. The Morgan fingerprint density at radius 2 is 2.00 bits per heavy atom. The first-order chi connectivity index (χ1) is 10.8. The lowest BCUT2D eigenvalue weighted by Gasteiger charge is -2.08. The molecule has 0 fully saturated rings. The van der Waals surface area contributed by atoms with Crippen molar-refractivity contribution in [3.8, 4) is 5.88 Å². The van der Waals surface area contributed by atoms with Crippen molar-refractivity contribution in [2.45, 2.75) is 19.9 Å². The molecule has 0 spiro atoms. The van der Waals surface area contributed by atoms with E-state index in [0.717, 1.165) is 18.5 Å². The van der Waals surface area contributed by atoms with Gasteiger partial charge in [-0.3, -0.25) is 0 Å². The molecule has 0 saturated heterocycles. The van der Waals surface area contributed by atoms with E-state index in [0.29, 0.717) is 25.0 Å². The van der Waals surface area contributed by atoms with Gasteiger partial charge in [0, 0.05) is 18.3 Å². The summed E-state index contributed by atoms with van der Waals surface area (Å²) in [6, 6.07) is 14.1. The Kier molecular flexibility index (Phi) is 9.04. The van der Waals surface area contributed by atoms with Crippen LogP contribution in [0.15, 0.2) is 53.7 Å². The van der Waals surface area contributed by atoms with Crippen molar-refractivity contribution in [3.63, 3.8) is 0 Å². The zero-order valence-corrected chi connectivity index (χ0v) is 15.6. The quantitative estimate of drug-likeness (QED) is 0.406. The Hall–Kier alpha value is -1.83. The van der Waals surface area contributed by atoms with E-state index in [2.05, 4.69) is 27.4 Å². The summed E-state index contributed by atoms with van der Waals surface area (Å²) in [5.74, 6) is 1.05. The van der Waals surface area contributed by atoms with Crippen molar-refractivity contribution in [1.29, 1.82) is 0 Å². The van der Waals surface area contributed by atoms with Gasteiger partial charge in [-0.25, -0.2) is 9.98 Å². The molecule has 0 bridgehead atoms. The number of nitrogens with one attached hydrogen (secondary N) is 1. The van der Waals surface area contributed by atoms with Crippen LogP contribution < -0.4 is 15.8 Å². The average Bonchev–Trinajstić information content (AvgIpc) is 2.55. The van der Waals surface area contributed by atoms with Crippen LogP contribution in [0, 0.1) is 0 Å². The molecule has 1 heterocycles. The Labute approximate surface area is 154 Å². The smallest absolute Gasteiger partial charge is 0.218 e. The van der Waals surface area contributed by atoms with Gasteiger partial charge < -0.3 is 15.8 Å². The Morgan fingerprint density at radius 1 is 1.22 bits per heavy atom. The fourth-order valence-electron chi connectivity index (χ4n) is 2.02. The van der Waals surface area contributed by atoms with Crippen LogP contribution in [-0.4, -0.2) is 24.1 Å². The van der Waals surface area contributed by atoms with Gasteiger partial charge in [-0.05, 0) is 25.0 Å². The van der Waals surface area contributed by atoms with Crippen LogP contribution in [-0.2, 0) is 13.0 Å². The van der Waals surface area contributed by atoms with Crippen molar-refractivity contribution < 1.29 is 4.74 Å². The summed E-state index contributed by atoms with van der Waals surface area (Å²) in [5.41, 5.74) is 8.09. The van der Waals surface area contributed by atoms with E-state index < -0.39 is 0 Å². The standard InChI is InChI=1S/C17H22N4O.HI/c1-2-22-16-15(9-6-11-19-16)13-21-17(18)20-12-10-14-7-4-3-5-8-14;/h3-9,11H,2,10,12-13H2,1H3,(H3,18,20,21);1H. The number of nitrogens with zero attached hydrogens (tertiary/aromatic N) is 2. The number of pyridine rings is 1. The van der Waals surface area contributed by atoms with E-state index >= 15 is 0 Å². The average molecular weight is 426 g/mol. The van der Waals surface area contributed by atoms with Gasteiger partial charge in [0.25, 0.3) is 0 Å². The second kappa shape index (κ2) is 10.8. The number of rotatable bonds is 7. The lowest BCUT2D eigenvalue weighted by Crippen LogP contribution is -2.33. The van der Waals surface area contributed by atoms with E-state index in [4.69, 9.17) is 10.5 Å². The number of guanidine groups is 1. The maximum Gasteiger partial charge on any atom is 0.218 e. The maximum absolute atomic E-state index is 5.89. The SMILES string of the molecule is CCOc1ncccc1CN=C(N)NCCc1ccccc1.I. The van der Waals surface area contributed by atoms with E-state index in [-0.39, 0.29) is 24.0 Å². The van der Waals surface area contributed by atoms with E-state index in [1.807, 2.05) is 37.3 Å². The summed E-state index contributed by atoms with van der Waals surface area (Å²) >= 11 is 0. The predicted octanol–water partition coefficient (Wildman–Crippen LogP) is 2.75. The molecule has 0 radical (unpaired) electrons. The molecular formula is C17H23IN4O. The van der Waals surface area contributed by atoms with Crippen molar-refractivity contribution in [2.24, 2.45) is 10.7 Å². The van der Waals surface area contributed by atoms with Gasteiger partial charge in [-0.2, -0.15) is 0 Å². The second-order valence-electron chi connectivity index (χ2n) is 4.76. The molecule has 124 valence electrons. The molecule has 6 heteroatoms. The van der Waals surface area contributed by atoms with Gasteiger partial charge in [0.2, 0.25) is 5.88 Å². The zero-order valence-electron chi connectivity index (χ0n) is 13.2. The third-order valence-corrected chi connectivity index (χ3v) is 3.11. The molecular weight excluding hydrogens is 403 g/mol. The van der Waals surface area contributed by atoms with Crippen molar-refractivity contribution >= 4 is 29.9 Å². The van der Waals surface area contributed by atoms with Gasteiger partial charge in [-0.1, -0.05) is 36.4 Å². The predicted molar refractivity (Wildman–Crippen MR) is 104 cm³/mol. The Bertz CT molecular complexity index is 605. The lowest BCUT2D eigenvalue weighted by molar-refractivity contribution is 0.323. The molecule has 0 amide bonds. The van der Waals surface area contributed by atoms with Crippen molar-refractivity contribution in [2.75, 3.05) is 13.2 Å². The molecule has 0 saturated carbocycles. The van der Waals surface area contributed by atoms with Gasteiger partial charge in [0.1, 0.15) is 0 Å². The number of aliphatic imine (C=N–C) groups is 1. The summed E-state index contributed by atoms with van der Waals surface area (Å²) in [4.78, 5) is 8.53. The molecule has 1 aromatic heterocycles. The molecule has 0 aliphatic rings. The first kappa shape index (κ1) is 19.2. The highest BCUT2D eigenvalue weighted by atomic mass is 127. The molecule has 3 N–H and O–H groups in total. The molecule has 0 aliphatic heterocycles. The molecule has 1 aromatic carbocycles. The summed E-state index contributed by atoms with van der Waals surface area (Å²) < 4.78 is 5.47. The number of halogens is 1. The van der Waals surface area contributed by atoms with Crippen LogP contribution in [0.25, 0.3) is 0 Å². The van der Waals surface area contributed by atoms with Crippen LogP contribution in [0.4, 0.5) is 0 Å². The second-order valence-corrected chi connectivity index (χ2v) is 4.76. The number of hydrogen-bond acceptors (Lipinski definition) is 3. The van der Waals surface area contributed by atoms with E-state index in [1.54, 1.807) is 6.20 Å². The fourth-order valence-corrected chi connectivity index (χ4v) is 2.02. The normalized spacial score (nSPS) is 10.7. The largest absolute Gasteiger partial charge is 0.478 e. The molecule has 23 heavy (non-hydrogen) atoms. The summed E-state index contributed by atoms with van der Waals surface area (Å²) in [6.07, 6.45) is 2.62. The number of nitrogens with two attached hydrogens (primary N) is 1. The number of ether oxygens (including phenoxy) is 1. The van der Waals surface area contributed by atoms with Gasteiger partial charge in [0.15, 0.2) is 5.96 Å². The molecule has 2 rings (SSSR count). The molecule has 0 aliphatic carbocycles. The van der Waals surface area contributed by atoms with Crippen LogP contribution in [0.5, 0.6) is 5.88 Å². The minimum absolute atomic E-state index is 0. The third kappa shape index (κ3) is 6.85. The fraction of sp³-hybridized carbons (Fsp3) is 0.294. The van der Waals surface area contributed by atoms with Crippen LogP contribution >= 0.6 is 24.0 Å². The first-order valence-corrected chi connectivity index (χ1v) is 7.44. The zero-order chi connectivity index (χ0) is 15.6. The molecule has 5 nitrogen and oxygen atoms in total.